The number of anilines is 1. The van der Waals surface area contributed by atoms with E-state index in [0.29, 0.717) is 28.2 Å². The Morgan fingerprint density at radius 1 is 1.25 bits per heavy atom. The molecule has 0 aliphatic rings. The largest absolute Gasteiger partial charge is 0.342 e. The van der Waals surface area contributed by atoms with Crippen molar-refractivity contribution in [1.82, 2.24) is 20.1 Å². The maximum atomic E-state index is 13.9. The van der Waals surface area contributed by atoms with Crippen molar-refractivity contribution in [2.24, 2.45) is 0 Å². The zero-order valence-electron chi connectivity index (χ0n) is 17.2. The SMILES string of the molecule is CCn1c(SCC(=O)Nc2ccc(Br)c(Cl)c2)nnc1C(C)NC(=O)c1ccccc1F. The summed E-state index contributed by atoms with van der Waals surface area (Å²) in [6.07, 6.45) is 0. The third kappa shape index (κ3) is 5.87. The van der Waals surface area contributed by atoms with Gasteiger partial charge in [0.25, 0.3) is 5.91 Å². The van der Waals surface area contributed by atoms with Crippen LogP contribution in [0.3, 0.4) is 0 Å². The highest BCUT2D eigenvalue weighted by Crippen LogP contribution is 2.26. The molecule has 2 amide bonds. The number of aromatic nitrogens is 3. The molecule has 1 aromatic heterocycles. The van der Waals surface area contributed by atoms with E-state index in [2.05, 4.69) is 36.8 Å². The number of benzene rings is 2. The molecule has 0 saturated carbocycles. The van der Waals surface area contributed by atoms with E-state index in [4.69, 9.17) is 11.6 Å². The van der Waals surface area contributed by atoms with Gasteiger partial charge in [0.05, 0.1) is 22.4 Å². The fourth-order valence-corrected chi connectivity index (χ4v) is 4.15. The fourth-order valence-electron chi connectivity index (χ4n) is 2.91. The predicted octanol–water partition coefficient (Wildman–Crippen LogP) is 5.07. The lowest BCUT2D eigenvalue weighted by Gasteiger charge is -2.15. The molecule has 2 aromatic carbocycles. The van der Waals surface area contributed by atoms with Crippen molar-refractivity contribution in [2.45, 2.75) is 31.6 Å². The van der Waals surface area contributed by atoms with E-state index in [1.54, 1.807) is 35.8 Å². The summed E-state index contributed by atoms with van der Waals surface area (Å²) in [5.41, 5.74) is 0.548. The van der Waals surface area contributed by atoms with Gasteiger partial charge in [0.1, 0.15) is 5.82 Å². The first-order chi connectivity index (χ1) is 15.3. The van der Waals surface area contributed by atoms with Crippen LogP contribution in [-0.4, -0.2) is 32.3 Å². The highest BCUT2D eigenvalue weighted by Gasteiger charge is 2.21. The average molecular weight is 541 g/mol. The van der Waals surface area contributed by atoms with E-state index < -0.39 is 17.8 Å². The van der Waals surface area contributed by atoms with Gasteiger partial charge in [0, 0.05) is 16.7 Å². The molecule has 0 radical (unpaired) electrons. The third-order valence-corrected chi connectivity index (χ3v) is 6.65. The van der Waals surface area contributed by atoms with Crippen molar-refractivity contribution in [3.8, 4) is 0 Å². The first kappa shape index (κ1) is 24.2. The van der Waals surface area contributed by atoms with E-state index in [1.165, 1.54) is 30.0 Å². The smallest absolute Gasteiger partial charge is 0.254 e. The Morgan fingerprint density at radius 2 is 2.00 bits per heavy atom. The van der Waals surface area contributed by atoms with Crippen molar-refractivity contribution in [1.29, 1.82) is 0 Å². The Bertz CT molecular complexity index is 1140. The van der Waals surface area contributed by atoms with E-state index in [-0.39, 0.29) is 17.2 Å². The van der Waals surface area contributed by atoms with Gasteiger partial charge in [-0.1, -0.05) is 35.5 Å². The number of thioether (sulfide) groups is 1. The lowest BCUT2D eigenvalue weighted by Crippen LogP contribution is -2.29. The monoisotopic (exact) mass is 539 g/mol. The van der Waals surface area contributed by atoms with Gasteiger partial charge in [-0.15, -0.1) is 10.2 Å². The molecule has 1 unspecified atom stereocenters. The lowest BCUT2D eigenvalue weighted by atomic mass is 10.2. The molecule has 168 valence electrons. The van der Waals surface area contributed by atoms with Gasteiger partial charge in [-0.25, -0.2) is 4.39 Å². The number of nitrogens with zero attached hydrogens (tertiary/aromatic N) is 3. The van der Waals surface area contributed by atoms with Crippen LogP contribution in [0.5, 0.6) is 0 Å². The summed E-state index contributed by atoms with van der Waals surface area (Å²) in [7, 11) is 0. The number of halogens is 3. The Labute approximate surface area is 202 Å². The molecule has 3 rings (SSSR count). The highest BCUT2D eigenvalue weighted by molar-refractivity contribution is 9.10. The number of hydrogen-bond acceptors (Lipinski definition) is 5. The zero-order valence-corrected chi connectivity index (χ0v) is 20.4. The molecule has 11 heteroatoms. The average Bonchev–Trinajstić information content (AvgIpc) is 3.18. The minimum absolute atomic E-state index is 0.0405. The van der Waals surface area contributed by atoms with Crippen LogP contribution in [0.2, 0.25) is 5.02 Å². The fraction of sp³-hybridized carbons (Fsp3) is 0.238. The topological polar surface area (TPSA) is 88.9 Å². The normalized spacial score (nSPS) is 11.8. The molecule has 0 aliphatic carbocycles. The zero-order chi connectivity index (χ0) is 23.3. The molecule has 3 aromatic rings. The summed E-state index contributed by atoms with van der Waals surface area (Å²) in [5, 5.41) is 14.9. The second kappa shape index (κ2) is 10.9. The summed E-state index contributed by atoms with van der Waals surface area (Å²) in [4.78, 5) is 24.7. The summed E-state index contributed by atoms with van der Waals surface area (Å²) >= 11 is 10.6. The van der Waals surface area contributed by atoms with E-state index in [9.17, 15) is 14.0 Å². The number of nitrogens with one attached hydrogen (secondary N) is 2. The number of carbonyl (C=O) groups excluding carboxylic acids is 2. The van der Waals surface area contributed by atoms with E-state index >= 15 is 0 Å². The summed E-state index contributed by atoms with van der Waals surface area (Å²) < 4.78 is 16.4. The van der Waals surface area contributed by atoms with Crippen molar-refractivity contribution < 1.29 is 14.0 Å². The van der Waals surface area contributed by atoms with Crippen LogP contribution in [-0.2, 0) is 11.3 Å². The second-order valence-corrected chi connectivity index (χ2v) is 8.93. The minimum Gasteiger partial charge on any atom is -0.342 e. The molecule has 1 heterocycles. The Morgan fingerprint density at radius 3 is 2.69 bits per heavy atom. The molecule has 32 heavy (non-hydrogen) atoms. The van der Waals surface area contributed by atoms with Gasteiger partial charge >= 0.3 is 0 Å². The molecular formula is C21H20BrClFN5O2S. The molecule has 0 fully saturated rings. The highest BCUT2D eigenvalue weighted by atomic mass is 79.9. The molecule has 7 nitrogen and oxygen atoms in total. The van der Waals surface area contributed by atoms with Crippen LogP contribution < -0.4 is 10.6 Å². The Hall–Kier alpha value is -2.43. The molecule has 1 atom stereocenters. The van der Waals surface area contributed by atoms with Gasteiger partial charge in [0.2, 0.25) is 5.91 Å². The first-order valence-electron chi connectivity index (χ1n) is 9.66. The standard InChI is InChI=1S/C21H20BrClFN5O2S/c1-3-29-19(12(2)25-20(31)14-6-4-5-7-17(14)24)27-28-21(29)32-11-18(30)26-13-8-9-15(22)16(23)10-13/h4-10,12H,3,11H2,1-2H3,(H,25,31)(H,26,30). The van der Waals surface area contributed by atoms with Crippen molar-refractivity contribution in [2.75, 3.05) is 11.1 Å². The maximum Gasteiger partial charge on any atom is 0.254 e. The van der Waals surface area contributed by atoms with Gasteiger partial charge in [-0.05, 0) is 60.1 Å². The van der Waals surface area contributed by atoms with Crippen molar-refractivity contribution in [3.05, 3.63) is 69.2 Å². The molecule has 0 saturated heterocycles. The number of rotatable bonds is 8. The number of amides is 2. The van der Waals surface area contributed by atoms with Crippen LogP contribution >= 0.6 is 39.3 Å². The van der Waals surface area contributed by atoms with E-state index in [0.717, 1.165) is 4.47 Å². The first-order valence-corrected chi connectivity index (χ1v) is 11.8. The van der Waals surface area contributed by atoms with Crippen LogP contribution in [0.1, 0.15) is 36.1 Å². The molecule has 2 N–H and O–H groups in total. The summed E-state index contributed by atoms with van der Waals surface area (Å²) in [6.45, 7) is 4.19. The van der Waals surface area contributed by atoms with Gasteiger partial charge in [0.15, 0.2) is 11.0 Å². The number of hydrogen-bond donors (Lipinski definition) is 2. The third-order valence-electron chi connectivity index (χ3n) is 4.45. The molecule has 0 aliphatic heterocycles. The maximum absolute atomic E-state index is 13.9. The van der Waals surface area contributed by atoms with E-state index in [1.807, 2.05) is 6.92 Å². The van der Waals surface area contributed by atoms with Gasteiger partial charge < -0.3 is 15.2 Å². The van der Waals surface area contributed by atoms with Crippen LogP contribution in [0, 0.1) is 5.82 Å². The lowest BCUT2D eigenvalue weighted by molar-refractivity contribution is -0.113. The summed E-state index contributed by atoms with van der Waals surface area (Å²) in [5.74, 6) is -0.727. The Kier molecular flexibility index (Phi) is 8.27. The quantitative estimate of drug-likeness (QED) is 0.389. The molecular weight excluding hydrogens is 521 g/mol. The van der Waals surface area contributed by atoms with Crippen molar-refractivity contribution in [3.63, 3.8) is 0 Å². The van der Waals surface area contributed by atoms with Crippen LogP contribution in [0.25, 0.3) is 0 Å². The molecule has 0 bridgehead atoms. The van der Waals surface area contributed by atoms with Crippen LogP contribution in [0.4, 0.5) is 10.1 Å². The van der Waals surface area contributed by atoms with Crippen molar-refractivity contribution >= 4 is 56.8 Å². The Balaban J connectivity index is 1.63. The predicted molar refractivity (Wildman–Crippen MR) is 126 cm³/mol. The van der Waals surface area contributed by atoms with Gasteiger partial charge in [-0.3, -0.25) is 9.59 Å². The summed E-state index contributed by atoms with van der Waals surface area (Å²) in [6, 6.07) is 10.4. The number of carbonyl (C=O) groups is 2. The second-order valence-electron chi connectivity index (χ2n) is 6.73. The van der Waals surface area contributed by atoms with Gasteiger partial charge in [-0.2, -0.15) is 0 Å². The van der Waals surface area contributed by atoms with Crippen LogP contribution in [0.15, 0.2) is 52.1 Å². The molecule has 0 spiro atoms. The minimum atomic E-state index is -0.594.